The topological polar surface area (TPSA) is 69.7 Å². The molecule has 1 N–H and O–H groups in total. The van der Waals surface area contributed by atoms with Crippen molar-refractivity contribution in [2.45, 2.75) is 19.3 Å². The summed E-state index contributed by atoms with van der Waals surface area (Å²) in [7, 11) is 0. The number of rotatable bonds is 5. The molecule has 0 aromatic heterocycles. The molecule has 2 aliphatic carbocycles. The molecule has 1 aromatic carbocycles. The van der Waals surface area contributed by atoms with Gasteiger partial charge in [-0.1, -0.05) is 30.4 Å². The molecule has 6 nitrogen and oxygen atoms in total. The minimum Gasteiger partial charge on any atom is -0.370 e. The zero-order chi connectivity index (χ0) is 19.3. The first-order valence-corrected chi connectivity index (χ1v) is 10.3. The number of imide groups is 1. The molecule has 146 valence electrons. The lowest BCUT2D eigenvalue weighted by Gasteiger charge is -2.31. The molecule has 0 unspecified atom stereocenters. The summed E-state index contributed by atoms with van der Waals surface area (Å²) < 4.78 is 0. The lowest BCUT2D eigenvalue weighted by molar-refractivity contribution is -0.144. The van der Waals surface area contributed by atoms with Crippen LogP contribution in [0.2, 0.25) is 0 Å². The number of anilines is 1. The third-order valence-electron chi connectivity index (χ3n) is 6.77. The predicted molar refractivity (Wildman–Crippen MR) is 104 cm³/mol. The molecule has 0 radical (unpaired) electrons. The third-order valence-corrected chi connectivity index (χ3v) is 6.77. The molecule has 28 heavy (non-hydrogen) atoms. The Hall–Kier alpha value is -2.63. The van der Waals surface area contributed by atoms with Crippen molar-refractivity contribution in [1.82, 2.24) is 10.2 Å². The maximum Gasteiger partial charge on any atom is 0.240 e. The Labute approximate surface area is 164 Å². The van der Waals surface area contributed by atoms with Crippen LogP contribution >= 0.6 is 0 Å². The van der Waals surface area contributed by atoms with Crippen LogP contribution in [-0.2, 0) is 20.8 Å². The van der Waals surface area contributed by atoms with E-state index in [9.17, 15) is 14.4 Å². The molecular weight excluding hydrogens is 354 g/mol. The normalized spacial score (nSPS) is 30.0. The highest BCUT2D eigenvalue weighted by atomic mass is 16.2. The molecule has 5 rings (SSSR count). The second-order valence-corrected chi connectivity index (χ2v) is 8.33. The number of nitrogens with one attached hydrogen (secondary N) is 1. The van der Waals surface area contributed by atoms with Gasteiger partial charge in [0.25, 0.3) is 0 Å². The number of carbonyl (C=O) groups excluding carboxylic acids is 3. The summed E-state index contributed by atoms with van der Waals surface area (Å²) in [6, 6.07) is 8.38. The van der Waals surface area contributed by atoms with E-state index in [4.69, 9.17) is 0 Å². The van der Waals surface area contributed by atoms with E-state index in [2.05, 4.69) is 40.6 Å². The van der Waals surface area contributed by atoms with Crippen molar-refractivity contribution in [1.29, 1.82) is 0 Å². The number of allylic oxidation sites excluding steroid dienone is 2. The quantitative estimate of drug-likeness (QED) is 0.620. The number of para-hydroxylation sites is 1. The fourth-order valence-electron chi connectivity index (χ4n) is 5.49. The molecule has 1 saturated carbocycles. The van der Waals surface area contributed by atoms with Crippen molar-refractivity contribution in [3.05, 3.63) is 42.0 Å². The first-order valence-electron chi connectivity index (χ1n) is 10.3. The standard InChI is InChI=1S/C22H25N3O3/c26-18(23-9-11-24-10-3-5-14-4-1-2-6-17(14)24)13-25-21(27)19-15-7-8-16(12-15)20(19)22(25)28/h1-2,4,6-8,15-16,19-20H,3,5,9-13H2,(H,23,26)/t15-,16-,19-,20+/m0/s1. The van der Waals surface area contributed by atoms with Gasteiger partial charge in [-0.2, -0.15) is 0 Å². The van der Waals surface area contributed by atoms with E-state index in [1.54, 1.807) is 0 Å². The number of amides is 3. The zero-order valence-electron chi connectivity index (χ0n) is 15.8. The van der Waals surface area contributed by atoms with Crippen LogP contribution in [0.25, 0.3) is 0 Å². The van der Waals surface area contributed by atoms with E-state index < -0.39 is 0 Å². The minimum absolute atomic E-state index is 0.152. The molecular formula is C22H25N3O3. The molecule has 1 saturated heterocycles. The summed E-state index contributed by atoms with van der Waals surface area (Å²) in [5, 5.41) is 2.89. The Balaban J connectivity index is 1.15. The van der Waals surface area contributed by atoms with Crippen molar-refractivity contribution < 1.29 is 14.4 Å². The summed E-state index contributed by atoms with van der Waals surface area (Å²) in [6.07, 6.45) is 7.25. The highest BCUT2D eigenvalue weighted by Gasteiger charge is 2.59. The smallest absolute Gasteiger partial charge is 0.240 e. The van der Waals surface area contributed by atoms with Crippen LogP contribution in [0.1, 0.15) is 18.4 Å². The molecule has 2 aliphatic heterocycles. The van der Waals surface area contributed by atoms with Gasteiger partial charge >= 0.3 is 0 Å². The molecule has 1 aromatic rings. The van der Waals surface area contributed by atoms with Crippen LogP contribution in [0.3, 0.4) is 0 Å². The fraction of sp³-hybridized carbons (Fsp3) is 0.500. The fourth-order valence-corrected chi connectivity index (χ4v) is 5.49. The van der Waals surface area contributed by atoms with Gasteiger partial charge in [0.2, 0.25) is 17.7 Å². The zero-order valence-corrected chi connectivity index (χ0v) is 15.8. The Morgan fingerprint density at radius 2 is 1.79 bits per heavy atom. The molecule has 2 heterocycles. The number of carbonyl (C=O) groups is 3. The van der Waals surface area contributed by atoms with Crippen LogP contribution in [0.15, 0.2) is 36.4 Å². The van der Waals surface area contributed by atoms with Crippen LogP contribution in [0.5, 0.6) is 0 Å². The van der Waals surface area contributed by atoms with Crippen molar-refractivity contribution >= 4 is 23.4 Å². The summed E-state index contributed by atoms with van der Waals surface area (Å²) in [6.45, 7) is 2.06. The van der Waals surface area contributed by atoms with Crippen molar-refractivity contribution in [3.63, 3.8) is 0 Å². The molecule has 2 fully saturated rings. The number of fused-ring (bicyclic) bond motifs is 6. The van der Waals surface area contributed by atoms with E-state index in [1.807, 2.05) is 6.07 Å². The number of likely N-dealkylation sites (tertiary alicyclic amines) is 1. The number of hydrogen-bond donors (Lipinski definition) is 1. The predicted octanol–water partition coefficient (Wildman–Crippen LogP) is 1.36. The first-order chi connectivity index (χ1) is 13.6. The second-order valence-electron chi connectivity index (χ2n) is 8.33. The van der Waals surface area contributed by atoms with E-state index in [0.29, 0.717) is 6.54 Å². The molecule has 6 heteroatoms. The number of benzene rings is 1. The van der Waals surface area contributed by atoms with Crippen molar-refractivity contribution in [3.8, 4) is 0 Å². The van der Waals surface area contributed by atoms with E-state index in [0.717, 1.165) is 32.4 Å². The van der Waals surface area contributed by atoms with Gasteiger partial charge in [-0.15, -0.1) is 0 Å². The maximum absolute atomic E-state index is 12.7. The third kappa shape index (κ3) is 2.74. The van der Waals surface area contributed by atoms with Crippen LogP contribution < -0.4 is 10.2 Å². The molecule has 4 atom stereocenters. The van der Waals surface area contributed by atoms with Gasteiger partial charge in [-0.25, -0.2) is 0 Å². The van der Waals surface area contributed by atoms with Crippen molar-refractivity contribution in [2.75, 3.05) is 31.1 Å². The Bertz CT molecular complexity index is 834. The summed E-state index contributed by atoms with van der Waals surface area (Å²) in [5.41, 5.74) is 2.59. The lowest BCUT2D eigenvalue weighted by Crippen LogP contribution is -2.44. The van der Waals surface area contributed by atoms with E-state index >= 15 is 0 Å². The van der Waals surface area contributed by atoms with E-state index in [1.165, 1.54) is 16.2 Å². The summed E-state index contributed by atoms with van der Waals surface area (Å²) >= 11 is 0. The number of nitrogens with zero attached hydrogens (tertiary/aromatic N) is 2. The molecule has 2 bridgehead atoms. The first kappa shape index (κ1) is 17.5. The van der Waals surface area contributed by atoms with Gasteiger partial charge < -0.3 is 10.2 Å². The van der Waals surface area contributed by atoms with Crippen LogP contribution in [-0.4, -0.2) is 48.8 Å². The lowest BCUT2D eigenvalue weighted by atomic mass is 9.85. The minimum atomic E-state index is -0.257. The van der Waals surface area contributed by atoms with Gasteiger partial charge in [0.15, 0.2) is 0 Å². The average molecular weight is 379 g/mol. The van der Waals surface area contributed by atoms with Crippen molar-refractivity contribution in [2.24, 2.45) is 23.7 Å². The van der Waals surface area contributed by atoms with E-state index in [-0.39, 0.29) is 47.9 Å². The van der Waals surface area contributed by atoms with Gasteiger partial charge in [-0.05, 0) is 42.7 Å². The van der Waals surface area contributed by atoms with Crippen LogP contribution in [0, 0.1) is 23.7 Å². The van der Waals surface area contributed by atoms with Gasteiger partial charge in [-0.3, -0.25) is 19.3 Å². The Morgan fingerprint density at radius 1 is 1.07 bits per heavy atom. The number of hydrogen-bond acceptors (Lipinski definition) is 4. The summed E-state index contributed by atoms with van der Waals surface area (Å²) in [4.78, 5) is 41.2. The highest BCUT2D eigenvalue weighted by molar-refractivity contribution is 6.08. The van der Waals surface area contributed by atoms with Gasteiger partial charge in [0.05, 0.1) is 11.8 Å². The molecule has 0 spiro atoms. The Kier molecular flexibility index (Phi) is 4.22. The SMILES string of the molecule is O=C(CN1C(=O)[C@@H]2[C@H](C1=O)[C@H]1C=C[C@H]2C1)NCCN1CCCc2ccccc21. The highest BCUT2D eigenvalue weighted by Crippen LogP contribution is 2.52. The maximum atomic E-state index is 12.7. The summed E-state index contributed by atoms with van der Waals surface area (Å²) in [5.74, 6) is -0.691. The Morgan fingerprint density at radius 3 is 2.54 bits per heavy atom. The number of aryl methyl sites for hydroxylation is 1. The molecule has 3 amide bonds. The van der Waals surface area contributed by atoms with Gasteiger partial charge in [0, 0.05) is 25.3 Å². The average Bonchev–Trinajstić information content (AvgIpc) is 3.38. The molecule has 4 aliphatic rings. The van der Waals surface area contributed by atoms with Crippen LogP contribution in [0.4, 0.5) is 5.69 Å². The monoisotopic (exact) mass is 379 g/mol. The largest absolute Gasteiger partial charge is 0.370 e. The van der Waals surface area contributed by atoms with Gasteiger partial charge in [0.1, 0.15) is 6.54 Å². The second kappa shape index (κ2) is 6.76.